The molecule has 1 amide bonds. The van der Waals surface area contributed by atoms with E-state index >= 15 is 0 Å². The van der Waals surface area contributed by atoms with Crippen LogP contribution >= 0.6 is 11.6 Å². The maximum Gasteiger partial charge on any atom is 0.229 e. The van der Waals surface area contributed by atoms with E-state index in [0.717, 1.165) is 24.5 Å². The topological polar surface area (TPSA) is 45.2 Å². The van der Waals surface area contributed by atoms with E-state index in [1.807, 2.05) is 12.1 Å². The van der Waals surface area contributed by atoms with Crippen molar-refractivity contribution in [2.75, 3.05) is 23.9 Å². The number of nitrogens with zero attached hydrogens (tertiary/aromatic N) is 2. The van der Waals surface area contributed by atoms with Gasteiger partial charge in [0.15, 0.2) is 0 Å². The molecule has 0 radical (unpaired) electrons. The molecule has 0 aromatic carbocycles. The van der Waals surface area contributed by atoms with E-state index < -0.39 is 0 Å². The van der Waals surface area contributed by atoms with Gasteiger partial charge < -0.3 is 5.32 Å². The van der Waals surface area contributed by atoms with E-state index in [9.17, 15) is 4.79 Å². The number of anilines is 1. The van der Waals surface area contributed by atoms with Crippen LogP contribution in [0.3, 0.4) is 0 Å². The highest BCUT2D eigenvalue weighted by molar-refractivity contribution is 6.19. The molecule has 2 heterocycles. The third-order valence-corrected chi connectivity index (χ3v) is 2.75. The molecule has 0 atom stereocenters. The van der Waals surface area contributed by atoms with Crippen molar-refractivity contribution in [3.63, 3.8) is 0 Å². The van der Waals surface area contributed by atoms with Gasteiger partial charge >= 0.3 is 0 Å². The number of amides is 1. The van der Waals surface area contributed by atoms with E-state index in [0.29, 0.717) is 18.8 Å². The molecule has 0 fully saturated rings. The van der Waals surface area contributed by atoms with Crippen LogP contribution in [0, 0.1) is 0 Å². The number of fused-ring (bicyclic) bond motifs is 1. The van der Waals surface area contributed by atoms with Gasteiger partial charge in [-0.3, -0.25) is 9.69 Å². The van der Waals surface area contributed by atoms with Crippen molar-refractivity contribution in [2.45, 2.75) is 13.0 Å². The van der Waals surface area contributed by atoms with Gasteiger partial charge in [-0.2, -0.15) is 0 Å². The highest BCUT2D eigenvalue weighted by Crippen LogP contribution is 2.19. The zero-order valence-electron chi connectivity index (χ0n) is 8.95. The van der Waals surface area contributed by atoms with Gasteiger partial charge in [-0.25, -0.2) is 4.98 Å². The van der Waals surface area contributed by atoms with Crippen molar-refractivity contribution in [3.05, 3.63) is 23.9 Å². The minimum atomic E-state index is 0.0404. The fraction of sp³-hybridized carbons (Fsp3) is 0.455. The summed E-state index contributed by atoms with van der Waals surface area (Å²) in [5, 5.41) is 3.26. The number of hydrogen-bond donors (Lipinski definition) is 1. The highest BCUT2D eigenvalue weighted by Gasteiger charge is 2.21. The second kappa shape index (κ2) is 5.27. The molecule has 16 heavy (non-hydrogen) atoms. The average molecular weight is 240 g/mol. The van der Waals surface area contributed by atoms with E-state index in [1.54, 1.807) is 11.1 Å². The van der Waals surface area contributed by atoms with Crippen LogP contribution in [0.25, 0.3) is 0 Å². The van der Waals surface area contributed by atoms with Crippen molar-refractivity contribution in [1.82, 2.24) is 10.3 Å². The van der Waals surface area contributed by atoms with Crippen LogP contribution in [-0.4, -0.2) is 29.9 Å². The fourth-order valence-electron chi connectivity index (χ4n) is 1.79. The molecule has 1 aliphatic rings. The van der Waals surface area contributed by atoms with Crippen LogP contribution in [0.1, 0.15) is 12.0 Å². The SMILES string of the molecule is O=C(CCCl)N1CCNCc2cccnc21. The smallest absolute Gasteiger partial charge is 0.229 e. The van der Waals surface area contributed by atoms with Gasteiger partial charge in [0, 0.05) is 43.7 Å². The predicted octanol–water partition coefficient (Wildman–Crippen LogP) is 1.15. The third-order valence-electron chi connectivity index (χ3n) is 2.56. The Balaban J connectivity index is 2.28. The van der Waals surface area contributed by atoms with Crippen LogP contribution in [0.5, 0.6) is 0 Å². The quantitative estimate of drug-likeness (QED) is 0.788. The lowest BCUT2D eigenvalue weighted by Crippen LogP contribution is -2.35. The van der Waals surface area contributed by atoms with Gasteiger partial charge in [0.25, 0.3) is 0 Å². The lowest BCUT2D eigenvalue weighted by atomic mass is 10.2. The van der Waals surface area contributed by atoms with Crippen LogP contribution < -0.4 is 10.2 Å². The number of halogens is 1. The minimum Gasteiger partial charge on any atom is -0.311 e. The third kappa shape index (κ3) is 2.33. The first-order valence-electron chi connectivity index (χ1n) is 5.34. The van der Waals surface area contributed by atoms with Gasteiger partial charge in [0.2, 0.25) is 5.91 Å². The van der Waals surface area contributed by atoms with E-state index in [2.05, 4.69) is 10.3 Å². The first kappa shape index (κ1) is 11.4. The van der Waals surface area contributed by atoms with Gasteiger partial charge in [0.1, 0.15) is 5.82 Å². The fourth-order valence-corrected chi connectivity index (χ4v) is 1.95. The molecule has 0 aliphatic carbocycles. The minimum absolute atomic E-state index is 0.0404. The zero-order chi connectivity index (χ0) is 11.4. The largest absolute Gasteiger partial charge is 0.311 e. The Morgan fingerprint density at radius 2 is 2.50 bits per heavy atom. The molecule has 5 heteroatoms. The molecule has 4 nitrogen and oxygen atoms in total. The normalized spacial score (nSPS) is 15.4. The van der Waals surface area contributed by atoms with Crippen molar-refractivity contribution < 1.29 is 4.79 Å². The predicted molar refractivity (Wildman–Crippen MR) is 63.6 cm³/mol. The Morgan fingerprint density at radius 3 is 3.31 bits per heavy atom. The first-order valence-corrected chi connectivity index (χ1v) is 5.87. The van der Waals surface area contributed by atoms with Crippen molar-refractivity contribution >= 4 is 23.3 Å². The molecule has 1 aliphatic heterocycles. The Bertz CT molecular complexity index is 383. The van der Waals surface area contributed by atoms with E-state index in [-0.39, 0.29) is 5.91 Å². The lowest BCUT2D eigenvalue weighted by molar-refractivity contribution is -0.118. The van der Waals surface area contributed by atoms with Crippen LogP contribution in [0.15, 0.2) is 18.3 Å². The Labute approximate surface area is 99.6 Å². The molecular weight excluding hydrogens is 226 g/mol. The molecule has 0 saturated carbocycles. The van der Waals surface area contributed by atoms with Crippen molar-refractivity contribution in [3.8, 4) is 0 Å². The Morgan fingerprint density at radius 1 is 1.62 bits per heavy atom. The van der Waals surface area contributed by atoms with Crippen LogP contribution in [0.2, 0.25) is 0 Å². The van der Waals surface area contributed by atoms with Crippen molar-refractivity contribution in [1.29, 1.82) is 0 Å². The van der Waals surface area contributed by atoms with Crippen LogP contribution in [-0.2, 0) is 11.3 Å². The van der Waals surface area contributed by atoms with Gasteiger partial charge in [-0.05, 0) is 6.07 Å². The van der Waals surface area contributed by atoms with Gasteiger partial charge in [-0.1, -0.05) is 6.07 Å². The summed E-state index contributed by atoms with van der Waals surface area (Å²) in [7, 11) is 0. The van der Waals surface area contributed by atoms with Gasteiger partial charge in [0.05, 0.1) is 0 Å². The van der Waals surface area contributed by atoms with E-state index in [4.69, 9.17) is 11.6 Å². The summed E-state index contributed by atoms with van der Waals surface area (Å²) in [6.07, 6.45) is 2.07. The molecule has 0 saturated heterocycles. The molecular formula is C11H14ClN3O. The molecule has 0 bridgehead atoms. The second-order valence-electron chi connectivity index (χ2n) is 3.65. The molecule has 1 N–H and O–H groups in total. The summed E-state index contributed by atoms with van der Waals surface area (Å²) in [6.45, 7) is 2.19. The number of aromatic nitrogens is 1. The van der Waals surface area contributed by atoms with Crippen molar-refractivity contribution in [2.24, 2.45) is 0 Å². The number of pyridine rings is 1. The molecule has 1 aromatic rings. The zero-order valence-corrected chi connectivity index (χ0v) is 9.70. The summed E-state index contributed by atoms with van der Waals surface area (Å²) in [4.78, 5) is 17.9. The lowest BCUT2D eigenvalue weighted by Gasteiger charge is -2.20. The summed E-state index contributed by atoms with van der Waals surface area (Å²) >= 11 is 5.60. The standard InChI is InChI=1S/C11H14ClN3O/c12-4-3-10(16)15-7-6-13-8-9-2-1-5-14-11(9)15/h1-2,5,13H,3-4,6-8H2. The number of hydrogen-bond acceptors (Lipinski definition) is 3. The summed E-state index contributed by atoms with van der Waals surface area (Å²) in [6, 6.07) is 3.87. The molecule has 86 valence electrons. The second-order valence-corrected chi connectivity index (χ2v) is 4.03. The van der Waals surface area contributed by atoms with Crippen LogP contribution in [0.4, 0.5) is 5.82 Å². The van der Waals surface area contributed by atoms with Gasteiger partial charge in [-0.15, -0.1) is 11.6 Å². The Hall–Kier alpha value is -1.13. The molecule has 0 unspecified atom stereocenters. The van der Waals surface area contributed by atoms with E-state index in [1.165, 1.54) is 0 Å². The maximum absolute atomic E-state index is 11.9. The first-order chi connectivity index (χ1) is 7.83. The number of carbonyl (C=O) groups is 1. The Kier molecular flexibility index (Phi) is 3.74. The molecule has 0 spiro atoms. The number of rotatable bonds is 2. The number of carbonyl (C=O) groups excluding carboxylic acids is 1. The summed E-state index contributed by atoms with van der Waals surface area (Å²) in [5.41, 5.74) is 1.06. The maximum atomic E-state index is 11.9. The summed E-state index contributed by atoms with van der Waals surface area (Å²) < 4.78 is 0. The highest BCUT2D eigenvalue weighted by atomic mass is 35.5. The number of nitrogens with one attached hydrogen (secondary N) is 1. The monoisotopic (exact) mass is 239 g/mol. The number of alkyl halides is 1. The molecule has 2 rings (SSSR count). The molecule has 1 aromatic heterocycles. The average Bonchev–Trinajstić information content (AvgIpc) is 2.51. The summed E-state index contributed by atoms with van der Waals surface area (Å²) in [5.74, 6) is 1.16.